The van der Waals surface area contributed by atoms with Gasteiger partial charge in [0, 0.05) is 18.0 Å². The van der Waals surface area contributed by atoms with E-state index in [4.69, 9.17) is 0 Å². The van der Waals surface area contributed by atoms with Gasteiger partial charge >= 0.3 is 0 Å². The van der Waals surface area contributed by atoms with Crippen molar-refractivity contribution in [2.45, 2.75) is 37.1 Å². The monoisotopic (exact) mass is 253 g/mol. The van der Waals surface area contributed by atoms with Crippen LogP contribution in [0.15, 0.2) is 29.2 Å². The van der Waals surface area contributed by atoms with E-state index < -0.39 is 9.84 Å². The van der Waals surface area contributed by atoms with E-state index in [1.54, 1.807) is 18.2 Å². The number of nitrogens with one attached hydrogen (secondary N) is 1. The lowest BCUT2D eigenvalue weighted by Gasteiger charge is -2.15. The Bertz CT molecular complexity index is 492. The molecule has 0 heterocycles. The summed E-state index contributed by atoms with van der Waals surface area (Å²) in [6.45, 7) is 2.14. The molecule has 0 radical (unpaired) electrons. The van der Waals surface area contributed by atoms with Gasteiger partial charge in [0.25, 0.3) is 0 Å². The van der Waals surface area contributed by atoms with E-state index in [1.165, 1.54) is 25.5 Å². The lowest BCUT2D eigenvalue weighted by atomic mass is 10.1. The molecule has 2 rings (SSSR count). The number of hydrogen-bond acceptors (Lipinski definition) is 3. The quantitative estimate of drug-likeness (QED) is 0.877. The second kappa shape index (κ2) is 4.69. The van der Waals surface area contributed by atoms with Crippen molar-refractivity contribution in [1.82, 2.24) is 0 Å². The Balaban J connectivity index is 2.05. The topological polar surface area (TPSA) is 46.2 Å². The summed E-state index contributed by atoms with van der Waals surface area (Å²) in [5.41, 5.74) is 0.890. The highest BCUT2D eigenvalue weighted by Gasteiger charge is 2.23. The number of rotatable bonds is 5. The minimum absolute atomic E-state index is 0.376. The first kappa shape index (κ1) is 12.4. The Morgan fingerprint density at radius 3 is 2.71 bits per heavy atom. The Morgan fingerprint density at radius 1 is 1.41 bits per heavy atom. The largest absolute Gasteiger partial charge is 0.383 e. The fraction of sp³-hybridized carbons (Fsp3) is 0.538. The van der Waals surface area contributed by atoms with Crippen LogP contribution in [0.1, 0.15) is 26.2 Å². The van der Waals surface area contributed by atoms with E-state index in [0.717, 1.165) is 11.6 Å². The normalized spacial score (nSPS) is 17.8. The molecule has 3 nitrogen and oxygen atoms in total. The molecule has 4 heteroatoms. The van der Waals surface area contributed by atoms with Crippen molar-refractivity contribution in [2.24, 2.45) is 5.92 Å². The summed E-state index contributed by atoms with van der Waals surface area (Å²) in [6.07, 6.45) is 5.09. The van der Waals surface area contributed by atoms with Gasteiger partial charge in [0.15, 0.2) is 9.84 Å². The second-order valence-electron chi connectivity index (χ2n) is 5.02. The van der Waals surface area contributed by atoms with Gasteiger partial charge in [0.05, 0.1) is 4.90 Å². The maximum absolute atomic E-state index is 11.4. The lowest BCUT2D eigenvalue weighted by Crippen LogP contribution is -2.15. The Hall–Kier alpha value is -1.03. The van der Waals surface area contributed by atoms with Crippen LogP contribution in [-0.4, -0.2) is 20.7 Å². The highest BCUT2D eigenvalue weighted by atomic mass is 32.2. The van der Waals surface area contributed by atoms with Crippen LogP contribution in [0.2, 0.25) is 0 Å². The van der Waals surface area contributed by atoms with Gasteiger partial charge in [0.2, 0.25) is 0 Å². The number of sulfone groups is 1. The van der Waals surface area contributed by atoms with Gasteiger partial charge in [-0.05, 0) is 37.5 Å². The Kier molecular flexibility index (Phi) is 3.43. The van der Waals surface area contributed by atoms with E-state index in [-0.39, 0.29) is 0 Å². The standard InChI is InChI=1S/C13H19NO2S/c1-10(8-11-6-7-11)14-12-4-3-5-13(9-12)17(2,15)16/h3-5,9-11,14H,6-8H2,1-2H3. The van der Waals surface area contributed by atoms with Crippen LogP contribution in [-0.2, 0) is 9.84 Å². The molecule has 1 atom stereocenters. The maximum Gasteiger partial charge on any atom is 0.175 e. The van der Waals surface area contributed by atoms with Gasteiger partial charge in [-0.1, -0.05) is 18.9 Å². The molecular formula is C13H19NO2S. The van der Waals surface area contributed by atoms with Crippen molar-refractivity contribution in [3.05, 3.63) is 24.3 Å². The molecular weight excluding hydrogens is 234 g/mol. The van der Waals surface area contributed by atoms with Crippen molar-refractivity contribution in [3.63, 3.8) is 0 Å². The summed E-state index contributed by atoms with van der Waals surface area (Å²) in [7, 11) is -3.11. The molecule has 0 amide bonds. The molecule has 0 spiro atoms. The third-order valence-electron chi connectivity index (χ3n) is 3.06. The van der Waals surface area contributed by atoms with Crippen LogP contribution < -0.4 is 5.32 Å². The first-order valence-corrected chi connectivity index (χ1v) is 7.91. The van der Waals surface area contributed by atoms with Crippen molar-refractivity contribution in [2.75, 3.05) is 11.6 Å². The van der Waals surface area contributed by atoms with Crippen LogP contribution in [0.4, 0.5) is 5.69 Å². The second-order valence-corrected chi connectivity index (χ2v) is 7.04. The summed E-state index contributed by atoms with van der Waals surface area (Å²) in [5, 5.41) is 3.36. The predicted octanol–water partition coefficient (Wildman–Crippen LogP) is 2.69. The van der Waals surface area contributed by atoms with Crippen molar-refractivity contribution in [3.8, 4) is 0 Å². The average Bonchev–Trinajstić information content (AvgIpc) is 3.00. The van der Waals surface area contributed by atoms with Gasteiger partial charge in [-0.25, -0.2) is 8.42 Å². The summed E-state index contributed by atoms with van der Waals surface area (Å²) in [5.74, 6) is 0.871. The van der Waals surface area contributed by atoms with Crippen molar-refractivity contribution in [1.29, 1.82) is 0 Å². The zero-order valence-corrected chi connectivity index (χ0v) is 11.1. The van der Waals surface area contributed by atoms with Gasteiger partial charge in [-0.2, -0.15) is 0 Å². The van der Waals surface area contributed by atoms with Gasteiger partial charge in [-0.15, -0.1) is 0 Å². The van der Waals surface area contributed by atoms with Crippen molar-refractivity contribution >= 4 is 15.5 Å². The van der Waals surface area contributed by atoms with E-state index >= 15 is 0 Å². The van der Waals surface area contributed by atoms with Crippen LogP contribution in [0.5, 0.6) is 0 Å². The predicted molar refractivity (Wildman–Crippen MR) is 70.0 cm³/mol. The fourth-order valence-corrected chi connectivity index (χ4v) is 2.68. The van der Waals surface area contributed by atoms with Crippen LogP contribution in [0.25, 0.3) is 0 Å². The number of anilines is 1. The van der Waals surface area contributed by atoms with Crippen LogP contribution >= 0.6 is 0 Å². The molecule has 94 valence electrons. The summed E-state index contributed by atoms with van der Waals surface area (Å²) >= 11 is 0. The van der Waals surface area contributed by atoms with Crippen LogP contribution in [0.3, 0.4) is 0 Å². The maximum atomic E-state index is 11.4. The van der Waals surface area contributed by atoms with E-state index in [9.17, 15) is 8.42 Å². The molecule has 0 bridgehead atoms. The number of benzene rings is 1. The average molecular weight is 253 g/mol. The Labute approximate surface area is 103 Å². The lowest BCUT2D eigenvalue weighted by molar-refractivity contribution is 0.601. The first-order chi connectivity index (χ1) is 7.95. The molecule has 1 aliphatic rings. The summed E-state index contributed by atoms with van der Waals surface area (Å²) in [4.78, 5) is 0.376. The first-order valence-electron chi connectivity index (χ1n) is 6.02. The van der Waals surface area contributed by atoms with E-state index in [2.05, 4.69) is 12.2 Å². The molecule has 1 unspecified atom stereocenters. The highest BCUT2D eigenvalue weighted by Crippen LogP contribution is 2.34. The van der Waals surface area contributed by atoms with Gasteiger partial charge < -0.3 is 5.32 Å². The molecule has 0 aromatic heterocycles. The third-order valence-corrected chi connectivity index (χ3v) is 4.17. The van der Waals surface area contributed by atoms with E-state index in [1.807, 2.05) is 6.07 Å². The molecule has 1 N–H and O–H groups in total. The SMILES string of the molecule is CC(CC1CC1)Nc1cccc(S(C)(=O)=O)c1. The van der Waals surface area contributed by atoms with Crippen molar-refractivity contribution < 1.29 is 8.42 Å². The molecule has 1 fully saturated rings. The Morgan fingerprint density at radius 2 is 2.12 bits per heavy atom. The van der Waals surface area contributed by atoms with Crippen LogP contribution in [0, 0.1) is 5.92 Å². The third kappa shape index (κ3) is 3.73. The molecule has 0 saturated heterocycles. The summed E-state index contributed by atoms with van der Waals surface area (Å²) in [6, 6.07) is 7.43. The number of hydrogen-bond donors (Lipinski definition) is 1. The highest BCUT2D eigenvalue weighted by molar-refractivity contribution is 7.90. The van der Waals surface area contributed by atoms with E-state index in [0.29, 0.717) is 10.9 Å². The van der Waals surface area contributed by atoms with Gasteiger partial charge in [-0.3, -0.25) is 0 Å². The minimum Gasteiger partial charge on any atom is -0.383 e. The molecule has 1 aliphatic carbocycles. The molecule has 1 aromatic rings. The van der Waals surface area contributed by atoms with Gasteiger partial charge in [0.1, 0.15) is 0 Å². The zero-order valence-electron chi connectivity index (χ0n) is 10.3. The minimum atomic E-state index is -3.11. The fourth-order valence-electron chi connectivity index (χ4n) is 2.01. The summed E-state index contributed by atoms with van der Waals surface area (Å²) < 4.78 is 22.9. The molecule has 0 aliphatic heterocycles. The molecule has 17 heavy (non-hydrogen) atoms. The smallest absolute Gasteiger partial charge is 0.175 e. The molecule has 1 aromatic carbocycles. The zero-order chi connectivity index (χ0) is 12.5. The molecule has 1 saturated carbocycles.